The molecule has 1 unspecified atom stereocenters. The van der Waals surface area contributed by atoms with Gasteiger partial charge in [0, 0.05) is 12.6 Å². The Bertz CT molecular complexity index is 1340. The lowest BCUT2D eigenvalue weighted by atomic mass is 10.1. The number of nitrogens with zero attached hydrogens (tertiary/aromatic N) is 2. The number of carbonyl (C=O) groups excluding carboxylic acids is 2. The molecule has 0 saturated heterocycles. The summed E-state index contributed by atoms with van der Waals surface area (Å²) in [6.45, 7) is 9.09. The van der Waals surface area contributed by atoms with Crippen LogP contribution >= 0.6 is 0 Å². The fourth-order valence-electron chi connectivity index (χ4n) is 4.27. The van der Waals surface area contributed by atoms with E-state index in [-0.39, 0.29) is 23.4 Å². The zero-order chi connectivity index (χ0) is 27.9. The quantitative estimate of drug-likeness (QED) is 0.381. The van der Waals surface area contributed by atoms with E-state index in [1.54, 1.807) is 30.3 Å². The van der Waals surface area contributed by atoms with Crippen LogP contribution in [0, 0.1) is 13.8 Å². The summed E-state index contributed by atoms with van der Waals surface area (Å²) in [5.41, 5.74) is 3.07. The predicted molar refractivity (Wildman–Crippen MR) is 151 cm³/mol. The Hall–Kier alpha value is -3.65. The third-order valence-corrected chi connectivity index (χ3v) is 8.06. The lowest BCUT2D eigenvalue weighted by Gasteiger charge is -2.34. The van der Waals surface area contributed by atoms with Gasteiger partial charge in [0.1, 0.15) is 12.6 Å². The van der Waals surface area contributed by atoms with Gasteiger partial charge >= 0.3 is 0 Å². The molecular formula is C30H37N3O4S. The SMILES string of the molecule is CCC(C(=O)NC(C)C)N(Cc1ccc(C)cc1)C(=O)CN(c1ccccc1C)S(=O)(=O)c1ccccc1. The van der Waals surface area contributed by atoms with Gasteiger partial charge in [-0.3, -0.25) is 13.9 Å². The fraction of sp³-hybridized carbons (Fsp3) is 0.333. The number of hydrogen-bond donors (Lipinski definition) is 1. The van der Waals surface area contributed by atoms with Crippen LogP contribution in [0.2, 0.25) is 0 Å². The topological polar surface area (TPSA) is 86.8 Å². The van der Waals surface area contributed by atoms with Crippen LogP contribution in [0.3, 0.4) is 0 Å². The fourth-order valence-corrected chi connectivity index (χ4v) is 5.77. The van der Waals surface area contributed by atoms with E-state index in [1.807, 2.05) is 71.0 Å². The summed E-state index contributed by atoms with van der Waals surface area (Å²) in [5, 5.41) is 2.91. The Labute approximate surface area is 226 Å². The molecule has 7 nitrogen and oxygen atoms in total. The molecule has 1 atom stereocenters. The lowest BCUT2D eigenvalue weighted by molar-refractivity contribution is -0.140. The molecule has 8 heteroatoms. The van der Waals surface area contributed by atoms with E-state index in [4.69, 9.17) is 0 Å². The summed E-state index contributed by atoms with van der Waals surface area (Å²) in [4.78, 5) is 28.8. The molecule has 0 heterocycles. The van der Waals surface area contributed by atoms with Crippen molar-refractivity contribution in [3.8, 4) is 0 Å². The maximum absolute atomic E-state index is 14.0. The molecule has 0 aliphatic carbocycles. The normalized spacial score (nSPS) is 12.2. The highest BCUT2D eigenvalue weighted by Gasteiger charge is 2.34. The van der Waals surface area contributed by atoms with Gasteiger partial charge in [0.25, 0.3) is 10.0 Å². The van der Waals surface area contributed by atoms with Gasteiger partial charge in [-0.25, -0.2) is 8.42 Å². The highest BCUT2D eigenvalue weighted by atomic mass is 32.2. The first-order valence-electron chi connectivity index (χ1n) is 12.8. The Morgan fingerprint density at radius 3 is 2.05 bits per heavy atom. The number of para-hydroxylation sites is 1. The molecule has 3 aromatic rings. The number of carbonyl (C=O) groups is 2. The Morgan fingerprint density at radius 2 is 1.47 bits per heavy atom. The first-order chi connectivity index (χ1) is 18.0. The van der Waals surface area contributed by atoms with Crippen LogP contribution in [-0.4, -0.2) is 43.8 Å². The molecule has 1 N–H and O–H groups in total. The van der Waals surface area contributed by atoms with Gasteiger partial charge in [0.05, 0.1) is 10.6 Å². The van der Waals surface area contributed by atoms with Crippen molar-refractivity contribution in [3.63, 3.8) is 0 Å². The monoisotopic (exact) mass is 535 g/mol. The predicted octanol–water partition coefficient (Wildman–Crippen LogP) is 4.83. The number of rotatable bonds is 11. The molecule has 0 aromatic heterocycles. The zero-order valence-corrected chi connectivity index (χ0v) is 23.5. The maximum Gasteiger partial charge on any atom is 0.264 e. The summed E-state index contributed by atoms with van der Waals surface area (Å²) < 4.78 is 28.8. The molecule has 3 aromatic carbocycles. The molecule has 202 valence electrons. The highest BCUT2D eigenvalue weighted by molar-refractivity contribution is 7.92. The first-order valence-corrected chi connectivity index (χ1v) is 14.3. The van der Waals surface area contributed by atoms with Crippen molar-refractivity contribution in [1.82, 2.24) is 10.2 Å². The number of nitrogens with one attached hydrogen (secondary N) is 1. The van der Waals surface area contributed by atoms with Gasteiger partial charge in [-0.15, -0.1) is 0 Å². The molecule has 2 amide bonds. The van der Waals surface area contributed by atoms with E-state index in [1.165, 1.54) is 17.0 Å². The Balaban J connectivity index is 2.06. The lowest BCUT2D eigenvalue weighted by Crippen LogP contribution is -2.53. The third-order valence-electron chi connectivity index (χ3n) is 6.28. The van der Waals surface area contributed by atoms with Crippen LogP contribution in [0.4, 0.5) is 5.69 Å². The van der Waals surface area contributed by atoms with Crippen LogP contribution in [0.15, 0.2) is 83.8 Å². The Kier molecular flexibility index (Phi) is 9.69. The average molecular weight is 536 g/mol. The minimum absolute atomic E-state index is 0.0886. The molecule has 0 saturated carbocycles. The maximum atomic E-state index is 14.0. The van der Waals surface area contributed by atoms with Gasteiger partial charge in [-0.2, -0.15) is 0 Å². The van der Waals surface area contributed by atoms with Crippen LogP contribution in [-0.2, 0) is 26.2 Å². The second kappa shape index (κ2) is 12.7. The van der Waals surface area contributed by atoms with E-state index in [0.717, 1.165) is 21.0 Å². The summed E-state index contributed by atoms with van der Waals surface area (Å²) in [6.07, 6.45) is 0.381. The van der Waals surface area contributed by atoms with Crippen molar-refractivity contribution in [1.29, 1.82) is 0 Å². The summed E-state index contributed by atoms with van der Waals surface area (Å²) in [7, 11) is -4.07. The Morgan fingerprint density at radius 1 is 0.868 bits per heavy atom. The smallest absolute Gasteiger partial charge is 0.264 e. The molecule has 0 radical (unpaired) electrons. The number of anilines is 1. The van der Waals surface area contributed by atoms with Gasteiger partial charge < -0.3 is 10.2 Å². The van der Waals surface area contributed by atoms with Crippen molar-refractivity contribution >= 4 is 27.5 Å². The number of benzene rings is 3. The minimum atomic E-state index is -4.07. The van der Waals surface area contributed by atoms with E-state index >= 15 is 0 Å². The summed E-state index contributed by atoms with van der Waals surface area (Å²) in [6, 6.07) is 22.0. The molecule has 0 bridgehead atoms. The molecule has 3 rings (SSSR count). The molecular weight excluding hydrogens is 498 g/mol. The largest absolute Gasteiger partial charge is 0.352 e. The number of amides is 2. The van der Waals surface area contributed by atoms with Crippen molar-refractivity contribution in [2.75, 3.05) is 10.8 Å². The number of aryl methyl sites for hydroxylation is 2. The second-order valence-electron chi connectivity index (χ2n) is 9.71. The van der Waals surface area contributed by atoms with E-state index < -0.39 is 28.5 Å². The van der Waals surface area contributed by atoms with E-state index in [9.17, 15) is 18.0 Å². The van der Waals surface area contributed by atoms with Crippen LogP contribution in [0.5, 0.6) is 0 Å². The van der Waals surface area contributed by atoms with Gasteiger partial charge in [0.2, 0.25) is 11.8 Å². The standard InChI is InChI=1S/C30H37N3O4S/c1-6-27(30(35)31-22(2)3)32(20-25-18-16-23(4)17-19-25)29(34)21-33(28-15-11-10-12-24(28)5)38(36,37)26-13-8-7-9-14-26/h7-19,22,27H,6,20-21H2,1-5H3,(H,31,35). The van der Waals surface area contributed by atoms with Crippen molar-refractivity contribution in [2.45, 2.75) is 64.6 Å². The van der Waals surface area contributed by atoms with Crippen molar-refractivity contribution in [3.05, 3.63) is 95.6 Å². The number of hydrogen-bond acceptors (Lipinski definition) is 4. The molecule has 0 fully saturated rings. The van der Waals surface area contributed by atoms with Gasteiger partial charge in [-0.05, 0) is 63.4 Å². The molecule has 0 spiro atoms. The number of sulfonamides is 1. The molecule has 0 aliphatic rings. The summed E-state index contributed by atoms with van der Waals surface area (Å²) in [5.74, 6) is -0.726. The van der Waals surface area contributed by atoms with Crippen LogP contribution in [0.25, 0.3) is 0 Å². The third kappa shape index (κ3) is 7.01. The van der Waals surface area contributed by atoms with Crippen LogP contribution in [0.1, 0.15) is 43.9 Å². The van der Waals surface area contributed by atoms with Crippen LogP contribution < -0.4 is 9.62 Å². The van der Waals surface area contributed by atoms with Gasteiger partial charge in [0.15, 0.2) is 0 Å². The highest BCUT2D eigenvalue weighted by Crippen LogP contribution is 2.27. The average Bonchev–Trinajstić information content (AvgIpc) is 2.88. The van der Waals surface area contributed by atoms with E-state index in [2.05, 4.69) is 5.32 Å². The van der Waals surface area contributed by atoms with Crippen molar-refractivity contribution < 1.29 is 18.0 Å². The second-order valence-corrected chi connectivity index (χ2v) is 11.6. The molecule has 38 heavy (non-hydrogen) atoms. The first kappa shape index (κ1) is 28.9. The van der Waals surface area contributed by atoms with E-state index in [0.29, 0.717) is 12.1 Å². The summed E-state index contributed by atoms with van der Waals surface area (Å²) >= 11 is 0. The molecule has 0 aliphatic heterocycles. The van der Waals surface area contributed by atoms with Gasteiger partial charge in [-0.1, -0.05) is 73.2 Å². The zero-order valence-electron chi connectivity index (χ0n) is 22.7. The van der Waals surface area contributed by atoms with Crippen molar-refractivity contribution in [2.24, 2.45) is 0 Å². The minimum Gasteiger partial charge on any atom is -0.352 e.